The van der Waals surface area contributed by atoms with Gasteiger partial charge in [0.15, 0.2) is 11.5 Å². The molecule has 0 aromatic heterocycles. The molecule has 2 heterocycles. The van der Waals surface area contributed by atoms with Gasteiger partial charge in [-0.3, -0.25) is 9.78 Å². The Morgan fingerprint density at radius 2 is 1.53 bits per heavy atom. The minimum absolute atomic E-state index is 0.104. The van der Waals surface area contributed by atoms with Gasteiger partial charge in [-0.1, -0.05) is 12.1 Å². The third kappa shape index (κ3) is 1.55. The Hall–Kier alpha value is -2.01. The first kappa shape index (κ1) is 10.2. The van der Waals surface area contributed by atoms with Gasteiger partial charge in [-0.25, -0.2) is 8.42 Å². The largest absolute Gasteiger partial charge is 0.290 e. The van der Waals surface area contributed by atoms with Crippen molar-refractivity contribution in [2.24, 2.45) is 0 Å². The molecule has 2 aliphatic heterocycles. The predicted octanol–water partition coefficient (Wildman–Crippen LogP) is 2.21. The van der Waals surface area contributed by atoms with Gasteiger partial charge in [-0.2, -0.15) is 0 Å². The first-order valence-electron chi connectivity index (χ1n) is 4.97. The van der Waals surface area contributed by atoms with Crippen LogP contribution in [0.4, 0.5) is 0 Å². The summed E-state index contributed by atoms with van der Waals surface area (Å²) in [5.41, 5.74) is 0. The second-order valence-corrected chi connectivity index (χ2v) is 5.51. The molecule has 4 nitrogen and oxygen atoms in total. The normalized spacial score (nSPS) is 15.8. The van der Waals surface area contributed by atoms with Gasteiger partial charge >= 0.3 is 0 Å². The van der Waals surface area contributed by atoms with Gasteiger partial charge in [-0.05, 0) is 36.4 Å². The van der Waals surface area contributed by atoms with E-state index in [1.54, 1.807) is 30.3 Å². The first-order valence-corrected chi connectivity index (χ1v) is 6.45. The van der Waals surface area contributed by atoms with E-state index in [1.165, 1.54) is 18.2 Å². The lowest BCUT2D eigenvalue weighted by Gasteiger charge is -2.07. The summed E-state index contributed by atoms with van der Waals surface area (Å²) in [5, 5.41) is 0. The monoisotopic (exact) mass is 248 g/mol. The molecule has 0 aliphatic carbocycles. The smallest absolute Gasteiger partial charge is 0.210 e. The molecule has 2 aromatic rings. The Kier molecular flexibility index (Phi) is 2.09. The van der Waals surface area contributed by atoms with E-state index in [0.29, 0.717) is 5.75 Å². The van der Waals surface area contributed by atoms with Gasteiger partial charge in [0.1, 0.15) is 4.90 Å². The summed E-state index contributed by atoms with van der Waals surface area (Å²) >= 11 is 0. The highest BCUT2D eigenvalue weighted by atomic mass is 32.2. The summed E-state index contributed by atoms with van der Waals surface area (Å²) in [6.45, 7) is 0. The minimum Gasteiger partial charge on any atom is -0.290 e. The lowest BCUT2D eigenvalue weighted by Crippen LogP contribution is -2.05. The first-order chi connectivity index (χ1) is 8.18. The minimum atomic E-state index is -3.55. The molecule has 0 amide bonds. The average Bonchev–Trinajstić information content (AvgIpc) is 2.44. The Morgan fingerprint density at radius 1 is 0.824 bits per heavy atom. The van der Waals surface area contributed by atoms with Gasteiger partial charge in [0.2, 0.25) is 9.84 Å². The number of para-hydroxylation sites is 1. The molecule has 0 saturated heterocycles. The van der Waals surface area contributed by atoms with E-state index in [0.717, 1.165) is 0 Å². The second kappa shape index (κ2) is 3.49. The number of sulfone groups is 1. The van der Waals surface area contributed by atoms with Gasteiger partial charge < -0.3 is 0 Å². The standard InChI is InChI=1S/C12H8O4S/c13-17(14)10-7-5-9(6-8-10)15-16-11-3-1-2-4-12(11)17/h1-8H. The van der Waals surface area contributed by atoms with Gasteiger partial charge in [0.05, 0.1) is 4.90 Å². The van der Waals surface area contributed by atoms with Crippen LogP contribution in [0.15, 0.2) is 58.3 Å². The third-order valence-corrected chi connectivity index (χ3v) is 4.31. The molecule has 0 N–H and O–H groups in total. The fraction of sp³-hybridized carbons (Fsp3) is 0. The zero-order valence-corrected chi connectivity index (χ0v) is 9.48. The van der Waals surface area contributed by atoms with Crippen molar-refractivity contribution in [3.8, 4) is 11.5 Å². The van der Waals surface area contributed by atoms with Crippen molar-refractivity contribution < 1.29 is 18.2 Å². The third-order valence-electron chi connectivity index (χ3n) is 2.50. The van der Waals surface area contributed by atoms with Gasteiger partial charge in [-0.15, -0.1) is 0 Å². The fourth-order valence-electron chi connectivity index (χ4n) is 1.64. The van der Waals surface area contributed by atoms with E-state index in [1.807, 2.05) is 0 Å². The number of benzene rings is 2. The Bertz CT molecular complexity index is 659. The van der Waals surface area contributed by atoms with Crippen molar-refractivity contribution in [3.63, 3.8) is 0 Å². The Balaban J connectivity index is 2.34. The molecule has 0 fully saturated rings. The molecule has 0 radical (unpaired) electrons. The predicted molar refractivity (Wildman–Crippen MR) is 59.6 cm³/mol. The van der Waals surface area contributed by atoms with Crippen LogP contribution in [0.3, 0.4) is 0 Å². The van der Waals surface area contributed by atoms with Crippen LogP contribution in [0.2, 0.25) is 0 Å². The van der Waals surface area contributed by atoms with Crippen molar-refractivity contribution in [2.45, 2.75) is 9.79 Å². The number of hydrogen-bond acceptors (Lipinski definition) is 4. The van der Waals surface area contributed by atoms with Crippen LogP contribution in [0, 0.1) is 0 Å². The molecule has 0 atom stereocenters. The molecule has 0 saturated carbocycles. The lowest BCUT2D eigenvalue weighted by atomic mass is 10.3. The van der Waals surface area contributed by atoms with E-state index in [9.17, 15) is 8.42 Å². The molecule has 17 heavy (non-hydrogen) atoms. The average molecular weight is 248 g/mol. The molecule has 2 bridgehead atoms. The highest BCUT2D eigenvalue weighted by molar-refractivity contribution is 7.91. The second-order valence-electron chi connectivity index (χ2n) is 3.59. The van der Waals surface area contributed by atoms with Crippen molar-refractivity contribution in [3.05, 3.63) is 48.5 Å². The van der Waals surface area contributed by atoms with Gasteiger partial charge in [0.25, 0.3) is 0 Å². The molecule has 2 aliphatic rings. The van der Waals surface area contributed by atoms with E-state index in [4.69, 9.17) is 9.78 Å². The number of fused-ring (bicyclic) bond motifs is 3. The maximum atomic E-state index is 12.3. The van der Waals surface area contributed by atoms with Crippen LogP contribution < -0.4 is 9.78 Å². The zero-order chi connectivity index (χ0) is 11.9. The maximum Gasteiger partial charge on any atom is 0.210 e. The van der Waals surface area contributed by atoms with Crippen molar-refractivity contribution >= 4 is 9.84 Å². The van der Waals surface area contributed by atoms with E-state index < -0.39 is 9.84 Å². The molecule has 0 unspecified atom stereocenters. The van der Waals surface area contributed by atoms with E-state index >= 15 is 0 Å². The number of hydrogen-bond donors (Lipinski definition) is 0. The summed E-state index contributed by atoms with van der Waals surface area (Å²) < 4.78 is 24.6. The van der Waals surface area contributed by atoms with Crippen LogP contribution in [0.25, 0.3) is 0 Å². The number of rotatable bonds is 0. The summed E-state index contributed by atoms with van der Waals surface area (Å²) in [4.78, 5) is 10.4. The van der Waals surface area contributed by atoms with Crippen molar-refractivity contribution in [2.75, 3.05) is 0 Å². The molecule has 5 heteroatoms. The Labute approximate surface area is 98.3 Å². The summed E-state index contributed by atoms with van der Waals surface area (Å²) in [5.74, 6) is 0.649. The SMILES string of the molecule is O=S1(=O)c2ccc(cc2)OOc2ccccc21. The van der Waals surface area contributed by atoms with Crippen LogP contribution in [0.1, 0.15) is 0 Å². The van der Waals surface area contributed by atoms with Crippen molar-refractivity contribution in [1.29, 1.82) is 0 Å². The van der Waals surface area contributed by atoms with Gasteiger partial charge in [0, 0.05) is 0 Å². The van der Waals surface area contributed by atoms with Crippen LogP contribution >= 0.6 is 0 Å². The summed E-state index contributed by atoms with van der Waals surface area (Å²) in [6, 6.07) is 12.5. The Morgan fingerprint density at radius 3 is 2.29 bits per heavy atom. The summed E-state index contributed by atoms with van der Waals surface area (Å²) in [6.07, 6.45) is 0. The highest BCUT2D eigenvalue weighted by Crippen LogP contribution is 2.32. The highest BCUT2D eigenvalue weighted by Gasteiger charge is 2.24. The fourth-order valence-corrected chi connectivity index (χ4v) is 3.01. The van der Waals surface area contributed by atoms with Crippen LogP contribution in [-0.4, -0.2) is 8.42 Å². The van der Waals surface area contributed by atoms with E-state index in [2.05, 4.69) is 0 Å². The quantitative estimate of drug-likeness (QED) is 0.671. The molecular weight excluding hydrogens is 240 g/mol. The molecule has 0 spiro atoms. The molecule has 2 aromatic carbocycles. The van der Waals surface area contributed by atoms with Crippen LogP contribution in [-0.2, 0) is 9.84 Å². The van der Waals surface area contributed by atoms with Crippen molar-refractivity contribution in [1.82, 2.24) is 0 Å². The lowest BCUT2D eigenvalue weighted by molar-refractivity contribution is -0.102. The molecular formula is C12H8O4S. The van der Waals surface area contributed by atoms with Crippen LogP contribution in [0.5, 0.6) is 11.5 Å². The van der Waals surface area contributed by atoms with E-state index in [-0.39, 0.29) is 15.5 Å². The molecule has 4 rings (SSSR count). The topological polar surface area (TPSA) is 52.6 Å². The zero-order valence-electron chi connectivity index (χ0n) is 8.66. The maximum absolute atomic E-state index is 12.3. The summed E-state index contributed by atoms with van der Waals surface area (Å²) in [7, 11) is -3.55. The molecule has 86 valence electrons.